The van der Waals surface area contributed by atoms with Gasteiger partial charge in [0, 0.05) is 5.69 Å². The standard InChI is InChI=1S/C11H10N2O2/c1-8-10(11(14)15)13(7-12-8)9-5-3-2-4-6-9/h2-7H,1H3,(H,14,15). The maximum Gasteiger partial charge on any atom is 0.354 e. The predicted molar refractivity (Wildman–Crippen MR) is 55.3 cm³/mol. The molecule has 0 bridgehead atoms. The van der Waals surface area contributed by atoms with Gasteiger partial charge in [-0.1, -0.05) is 18.2 Å². The second-order valence-corrected chi connectivity index (χ2v) is 3.19. The number of rotatable bonds is 2. The average Bonchev–Trinajstić information content (AvgIpc) is 2.61. The van der Waals surface area contributed by atoms with E-state index in [2.05, 4.69) is 4.98 Å². The average molecular weight is 202 g/mol. The maximum absolute atomic E-state index is 11.0. The molecule has 1 heterocycles. The van der Waals surface area contributed by atoms with Gasteiger partial charge in [-0.3, -0.25) is 4.57 Å². The number of hydrogen-bond donors (Lipinski definition) is 1. The van der Waals surface area contributed by atoms with E-state index in [0.29, 0.717) is 5.69 Å². The molecule has 0 aliphatic rings. The fourth-order valence-corrected chi connectivity index (χ4v) is 1.48. The van der Waals surface area contributed by atoms with Crippen molar-refractivity contribution in [1.29, 1.82) is 0 Å². The van der Waals surface area contributed by atoms with Gasteiger partial charge in [0.05, 0.1) is 5.69 Å². The molecule has 0 amide bonds. The molecule has 4 nitrogen and oxygen atoms in total. The van der Waals surface area contributed by atoms with E-state index in [4.69, 9.17) is 5.11 Å². The Labute approximate surface area is 86.8 Å². The maximum atomic E-state index is 11.0. The second-order valence-electron chi connectivity index (χ2n) is 3.19. The van der Waals surface area contributed by atoms with E-state index in [9.17, 15) is 4.79 Å². The molecule has 2 rings (SSSR count). The molecule has 2 aromatic rings. The zero-order valence-corrected chi connectivity index (χ0v) is 8.21. The Morgan fingerprint density at radius 1 is 1.33 bits per heavy atom. The fourth-order valence-electron chi connectivity index (χ4n) is 1.48. The Kier molecular flexibility index (Phi) is 2.25. The highest BCUT2D eigenvalue weighted by molar-refractivity contribution is 5.87. The highest BCUT2D eigenvalue weighted by atomic mass is 16.4. The van der Waals surface area contributed by atoms with Gasteiger partial charge in [0.15, 0.2) is 5.69 Å². The van der Waals surface area contributed by atoms with Crippen molar-refractivity contribution in [1.82, 2.24) is 9.55 Å². The molecule has 0 aliphatic carbocycles. The lowest BCUT2D eigenvalue weighted by Gasteiger charge is -2.04. The van der Waals surface area contributed by atoms with Crippen molar-refractivity contribution in [2.75, 3.05) is 0 Å². The van der Waals surface area contributed by atoms with E-state index in [-0.39, 0.29) is 5.69 Å². The van der Waals surface area contributed by atoms with Gasteiger partial charge < -0.3 is 5.11 Å². The van der Waals surface area contributed by atoms with Crippen LogP contribution in [-0.4, -0.2) is 20.6 Å². The molecule has 0 aliphatic heterocycles. The number of aryl methyl sites for hydroxylation is 1. The van der Waals surface area contributed by atoms with Gasteiger partial charge in [0.2, 0.25) is 0 Å². The molecule has 0 saturated carbocycles. The fraction of sp³-hybridized carbons (Fsp3) is 0.0909. The Hall–Kier alpha value is -2.10. The van der Waals surface area contributed by atoms with Gasteiger partial charge in [-0.15, -0.1) is 0 Å². The van der Waals surface area contributed by atoms with Crippen molar-refractivity contribution >= 4 is 5.97 Å². The molecule has 0 fully saturated rings. The minimum Gasteiger partial charge on any atom is -0.477 e. The summed E-state index contributed by atoms with van der Waals surface area (Å²) >= 11 is 0. The summed E-state index contributed by atoms with van der Waals surface area (Å²) in [6.07, 6.45) is 1.52. The van der Waals surface area contributed by atoms with Crippen LogP contribution in [0, 0.1) is 6.92 Å². The third kappa shape index (κ3) is 1.61. The van der Waals surface area contributed by atoms with E-state index >= 15 is 0 Å². The van der Waals surface area contributed by atoms with E-state index < -0.39 is 5.97 Å². The molecule has 76 valence electrons. The quantitative estimate of drug-likeness (QED) is 0.808. The van der Waals surface area contributed by atoms with Gasteiger partial charge in [0.1, 0.15) is 6.33 Å². The molecule has 1 aromatic carbocycles. The topological polar surface area (TPSA) is 55.1 Å². The van der Waals surface area contributed by atoms with Crippen LogP contribution in [0.15, 0.2) is 36.7 Å². The van der Waals surface area contributed by atoms with Crippen LogP contribution in [0.4, 0.5) is 0 Å². The lowest BCUT2D eigenvalue weighted by atomic mass is 10.3. The molecule has 0 atom stereocenters. The number of benzene rings is 1. The molecule has 0 unspecified atom stereocenters. The van der Waals surface area contributed by atoms with Crippen molar-refractivity contribution in [2.24, 2.45) is 0 Å². The van der Waals surface area contributed by atoms with Gasteiger partial charge in [-0.25, -0.2) is 9.78 Å². The Morgan fingerprint density at radius 3 is 2.60 bits per heavy atom. The highest BCUT2D eigenvalue weighted by Crippen LogP contribution is 2.13. The number of hydrogen-bond acceptors (Lipinski definition) is 2. The highest BCUT2D eigenvalue weighted by Gasteiger charge is 2.15. The summed E-state index contributed by atoms with van der Waals surface area (Å²) < 4.78 is 1.57. The predicted octanol–water partition coefficient (Wildman–Crippen LogP) is 1.88. The van der Waals surface area contributed by atoms with Crippen LogP contribution in [-0.2, 0) is 0 Å². The van der Waals surface area contributed by atoms with Crippen molar-refractivity contribution in [3.63, 3.8) is 0 Å². The number of aromatic nitrogens is 2. The number of nitrogens with zero attached hydrogens (tertiary/aromatic N) is 2. The number of imidazole rings is 1. The summed E-state index contributed by atoms with van der Waals surface area (Å²) in [5, 5.41) is 9.04. The lowest BCUT2D eigenvalue weighted by molar-refractivity contribution is 0.0687. The summed E-state index contributed by atoms with van der Waals surface area (Å²) in [4.78, 5) is 15.0. The van der Waals surface area contributed by atoms with E-state index in [1.165, 1.54) is 6.33 Å². The van der Waals surface area contributed by atoms with Crippen LogP contribution in [0.5, 0.6) is 0 Å². The lowest BCUT2D eigenvalue weighted by Crippen LogP contribution is -2.07. The smallest absolute Gasteiger partial charge is 0.354 e. The summed E-state index contributed by atoms with van der Waals surface area (Å²) in [5.74, 6) is -0.964. The molecule has 1 N–H and O–H groups in total. The van der Waals surface area contributed by atoms with Crippen LogP contribution < -0.4 is 0 Å². The normalized spacial score (nSPS) is 10.2. The summed E-state index contributed by atoms with van der Waals surface area (Å²) in [6, 6.07) is 9.28. The molecule has 0 spiro atoms. The Bertz CT molecular complexity index is 489. The molecular weight excluding hydrogens is 192 g/mol. The van der Waals surface area contributed by atoms with Crippen LogP contribution in [0.25, 0.3) is 5.69 Å². The number of carbonyl (C=O) groups is 1. The van der Waals surface area contributed by atoms with Crippen molar-refractivity contribution in [3.05, 3.63) is 48.0 Å². The molecule has 0 saturated heterocycles. The summed E-state index contributed by atoms with van der Waals surface area (Å²) in [7, 11) is 0. The number of carboxylic acid groups (broad SMARTS) is 1. The molecule has 4 heteroatoms. The summed E-state index contributed by atoms with van der Waals surface area (Å²) in [6.45, 7) is 1.68. The Balaban J connectivity index is 2.59. The molecule has 0 radical (unpaired) electrons. The SMILES string of the molecule is Cc1ncn(-c2ccccc2)c1C(=O)O. The first kappa shape index (κ1) is 9.45. The van der Waals surface area contributed by atoms with Gasteiger partial charge in [0.25, 0.3) is 0 Å². The van der Waals surface area contributed by atoms with Gasteiger partial charge in [-0.2, -0.15) is 0 Å². The number of carboxylic acids is 1. The van der Waals surface area contributed by atoms with Crippen molar-refractivity contribution < 1.29 is 9.90 Å². The third-order valence-corrected chi connectivity index (χ3v) is 2.19. The minimum absolute atomic E-state index is 0.209. The first-order valence-corrected chi connectivity index (χ1v) is 4.53. The Morgan fingerprint density at radius 2 is 2.00 bits per heavy atom. The van der Waals surface area contributed by atoms with Gasteiger partial charge in [-0.05, 0) is 19.1 Å². The largest absolute Gasteiger partial charge is 0.477 e. The molecule has 1 aromatic heterocycles. The number of aromatic carboxylic acids is 1. The summed E-state index contributed by atoms with van der Waals surface area (Å²) in [5.41, 5.74) is 1.53. The van der Waals surface area contributed by atoms with Crippen molar-refractivity contribution in [2.45, 2.75) is 6.92 Å². The molecular formula is C11H10N2O2. The first-order valence-electron chi connectivity index (χ1n) is 4.53. The third-order valence-electron chi connectivity index (χ3n) is 2.19. The van der Waals surface area contributed by atoms with Crippen LogP contribution in [0.2, 0.25) is 0 Å². The number of para-hydroxylation sites is 1. The van der Waals surface area contributed by atoms with Crippen LogP contribution in [0.1, 0.15) is 16.2 Å². The van der Waals surface area contributed by atoms with Crippen LogP contribution in [0.3, 0.4) is 0 Å². The zero-order valence-electron chi connectivity index (χ0n) is 8.21. The first-order chi connectivity index (χ1) is 7.20. The van der Waals surface area contributed by atoms with E-state index in [0.717, 1.165) is 5.69 Å². The van der Waals surface area contributed by atoms with E-state index in [1.54, 1.807) is 11.5 Å². The van der Waals surface area contributed by atoms with Crippen LogP contribution >= 0.6 is 0 Å². The zero-order chi connectivity index (χ0) is 10.8. The van der Waals surface area contributed by atoms with Gasteiger partial charge >= 0.3 is 5.97 Å². The second kappa shape index (κ2) is 3.57. The molecule has 15 heavy (non-hydrogen) atoms. The van der Waals surface area contributed by atoms with Crippen molar-refractivity contribution in [3.8, 4) is 5.69 Å². The van der Waals surface area contributed by atoms with E-state index in [1.807, 2.05) is 30.3 Å². The minimum atomic E-state index is -0.964. The monoisotopic (exact) mass is 202 g/mol.